The Kier molecular flexibility index (Phi) is 4.93. The fourth-order valence-corrected chi connectivity index (χ4v) is 3.63. The first-order valence-electron chi connectivity index (χ1n) is 8.36. The summed E-state index contributed by atoms with van der Waals surface area (Å²) in [6, 6.07) is 7.24. The number of rotatable bonds is 4. The fraction of sp³-hybridized carbons (Fsp3) is 0.500. The van der Waals surface area contributed by atoms with E-state index >= 15 is 0 Å². The van der Waals surface area contributed by atoms with Gasteiger partial charge < -0.3 is 15.6 Å². The highest BCUT2D eigenvalue weighted by Gasteiger charge is 2.22. The third kappa shape index (κ3) is 3.88. The van der Waals surface area contributed by atoms with E-state index in [0.29, 0.717) is 28.5 Å². The molecule has 23 heavy (non-hydrogen) atoms. The standard InChI is InChI=1S/C18H24ClN3O/c1-11(2)21-13-3-5-14(6-4-13)22-17-9-12-7-8-20-18(23)15(12)10-16(17)19/h7-11,13-14,21-22H,3-6H2,1-2H3,(H,20,23)/t13-,14-. The first kappa shape index (κ1) is 16.3. The number of anilines is 1. The maximum Gasteiger partial charge on any atom is 0.255 e. The van der Waals surface area contributed by atoms with Gasteiger partial charge in [-0.05, 0) is 49.3 Å². The summed E-state index contributed by atoms with van der Waals surface area (Å²) in [6.45, 7) is 4.39. The number of hydrogen-bond donors (Lipinski definition) is 3. The molecule has 1 aromatic carbocycles. The molecule has 1 aromatic heterocycles. The van der Waals surface area contributed by atoms with Crippen LogP contribution in [0, 0.1) is 0 Å². The SMILES string of the molecule is CC(C)N[C@H]1CC[C@H](Nc2cc3cc[nH]c(=O)c3cc2Cl)CC1. The molecule has 0 radical (unpaired) electrons. The second kappa shape index (κ2) is 6.93. The number of benzene rings is 1. The molecule has 4 nitrogen and oxygen atoms in total. The van der Waals surface area contributed by atoms with E-state index in [1.807, 2.05) is 12.1 Å². The van der Waals surface area contributed by atoms with Crippen molar-refractivity contribution in [2.45, 2.75) is 57.7 Å². The van der Waals surface area contributed by atoms with Crippen LogP contribution in [-0.2, 0) is 0 Å². The van der Waals surface area contributed by atoms with Crippen LogP contribution in [0.3, 0.4) is 0 Å². The smallest absolute Gasteiger partial charge is 0.255 e. The monoisotopic (exact) mass is 333 g/mol. The van der Waals surface area contributed by atoms with Crippen LogP contribution < -0.4 is 16.2 Å². The Hall–Kier alpha value is -1.52. The van der Waals surface area contributed by atoms with Crippen molar-refractivity contribution in [1.82, 2.24) is 10.3 Å². The van der Waals surface area contributed by atoms with E-state index in [0.717, 1.165) is 23.9 Å². The minimum atomic E-state index is -0.101. The van der Waals surface area contributed by atoms with Gasteiger partial charge in [-0.2, -0.15) is 0 Å². The van der Waals surface area contributed by atoms with E-state index in [2.05, 4.69) is 29.5 Å². The van der Waals surface area contributed by atoms with Crippen LogP contribution in [0.2, 0.25) is 5.02 Å². The predicted octanol–water partition coefficient (Wildman–Crippen LogP) is 3.90. The molecule has 0 saturated heterocycles. The summed E-state index contributed by atoms with van der Waals surface area (Å²) in [7, 11) is 0. The molecule has 0 spiro atoms. The molecule has 1 saturated carbocycles. The molecule has 0 unspecified atom stereocenters. The fourth-order valence-electron chi connectivity index (χ4n) is 3.42. The summed E-state index contributed by atoms with van der Waals surface area (Å²) in [6.07, 6.45) is 6.30. The molecule has 2 aromatic rings. The van der Waals surface area contributed by atoms with Gasteiger partial charge >= 0.3 is 0 Å². The van der Waals surface area contributed by atoms with E-state index in [1.54, 1.807) is 12.3 Å². The summed E-state index contributed by atoms with van der Waals surface area (Å²) >= 11 is 6.36. The average Bonchev–Trinajstić information content (AvgIpc) is 2.50. The lowest BCUT2D eigenvalue weighted by molar-refractivity contribution is 0.336. The minimum absolute atomic E-state index is 0.101. The molecule has 5 heteroatoms. The molecule has 0 atom stereocenters. The van der Waals surface area contributed by atoms with Gasteiger partial charge in [-0.15, -0.1) is 0 Å². The van der Waals surface area contributed by atoms with Crippen molar-refractivity contribution in [2.24, 2.45) is 0 Å². The van der Waals surface area contributed by atoms with Gasteiger partial charge in [0.2, 0.25) is 0 Å². The Morgan fingerprint density at radius 2 is 1.87 bits per heavy atom. The number of pyridine rings is 1. The van der Waals surface area contributed by atoms with Crippen molar-refractivity contribution in [3.63, 3.8) is 0 Å². The van der Waals surface area contributed by atoms with Gasteiger partial charge in [0, 0.05) is 29.7 Å². The van der Waals surface area contributed by atoms with Crippen molar-refractivity contribution >= 4 is 28.1 Å². The first-order chi connectivity index (χ1) is 11.0. The van der Waals surface area contributed by atoms with Gasteiger partial charge in [0.15, 0.2) is 0 Å². The number of aromatic nitrogens is 1. The van der Waals surface area contributed by atoms with E-state index < -0.39 is 0 Å². The molecule has 0 bridgehead atoms. The van der Waals surface area contributed by atoms with Crippen LogP contribution in [0.25, 0.3) is 10.8 Å². The van der Waals surface area contributed by atoms with E-state index in [-0.39, 0.29) is 5.56 Å². The molecule has 0 amide bonds. The summed E-state index contributed by atoms with van der Waals surface area (Å²) in [5, 5.41) is 9.33. The Morgan fingerprint density at radius 1 is 1.17 bits per heavy atom. The number of nitrogens with one attached hydrogen (secondary N) is 3. The summed E-state index contributed by atoms with van der Waals surface area (Å²) in [4.78, 5) is 14.5. The van der Waals surface area contributed by atoms with Gasteiger partial charge in [-0.1, -0.05) is 25.4 Å². The number of H-pyrrole nitrogens is 1. The second-order valence-corrected chi connectivity index (χ2v) is 7.15. The molecular weight excluding hydrogens is 310 g/mol. The van der Waals surface area contributed by atoms with Gasteiger partial charge in [-0.3, -0.25) is 4.79 Å². The lowest BCUT2D eigenvalue weighted by Gasteiger charge is -2.31. The van der Waals surface area contributed by atoms with Crippen molar-refractivity contribution in [2.75, 3.05) is 5.32 Å². The highest BCUT2D eigenvalue weighted by Crippen LogP contribution is 2.30. The lowest BCUT2D eigenvalue weighted by Crippen LogP contribution is -2.40. The molecule has 1 fully saturated rings. The molecule has 1 aliphatic carbocycles. The van der Waals surface area contributed by atoms with Crippen molar-refractivity contribution < 1.29 is 0 Å². The van der Waals surface area contributed by atoms with Crippen molar-refractivity contribution in [3.05, 3.63) is 39.8 Å². The van der Waals surface area contributed by atoms with Gasteiger partial charge in [0.25, 0.3) is 5.56 Å². The zero-order valence-electron chi connectivity index (χ0n) is 13.7. The lowest BCUT2D eigenvalue weighted by atomic mass is 9.90. The predicted molar refractivity (Wildman–Crippen MR) is 97.5 cm³/mol. The molecular formula is C18H24ClN3O. The molecule has 3 N–H and O–H groups in total. The van der Waals surface area contributed by atoms with E-state index in [9.17, 15) is 4.79 Å². The van der Waals surface area contributed by atoms with Crippen LogP contribution in [0.1, 0.15) is 39.5 Å². The Morgan fingerprint density at radius 3 is 2.57 bits per heavy atom. The third-order valence-electron chi connectivity index (χ3n) is 4.52. The second-order valence-electron chi connectivity index (χ2n) is 6.74. The van der Waals surface area contributed by atoms with E-state index in [4.69, 9.17) is 11.6 Å². The molecule has 124 valence electrons. The molecule has 3 rings (SSSR count). The zero-order chi connectivity index (χ0) is 16.4. The van der Waals surface area contributed by atoms with Gasteiger partial charge in [0.1, 0.15) is 0 Å². The number of hydrogen-bond acceptors (Lipinski definition) is 3. The summed E-state index contributed by atoms with van der Waals surface area (Å²) in [5.41, 5.74) is 0.821. The maximum absolute atomic E-state index is 11.8. The average molecular weight is 334 g/mol. The number of fused-ring (bicyclic) bond motifs is 1. The first-order valence-corrected chi connectivity index (χ1v) is 8.74. The topological polar surface area (TPSA) is 56.9 Å². The highest BCUT2D eigenvalue weighted by atomic mass is 35.5. The number of aromatic amines is 1. The number of halogens is 1. The van der Waals surface area contributed by atoms with Gasteiger partial charge in [0.05, 0.1) is 10.7 Å². The van der Waals surface area contributed by atoms with Crippen molar-refractivity contribution in [1.29, 1.82) is 0 Å². The van der Waals surface area contributed by atoms with Crippen LogP contribution in [0.4, 0.5) is 5.69 Å². The molecule has 1 heterocycles. The largest absolute Gasteiger partial charge is 0.381 e. The van der Waals surface area contributed by atoms with Crippen LogP contribution in [0.5, 0.6) is 0 Å². The van der Waals surface area contributed by atoms with Gasteiger partial charge in [-0.25, -0.2) is 0 Å². The zero-order valence-corrected chi connectivity index (χ0v) is 14.4. The summed E-state index contributed by atoms with van der Waals surface area (Å²) in [5.74, 6) is 0. The minimum Gasteiger partial charge on any atom is -0.381 e. The molecule has 1 aliphatic rings. The van der Waals surface area contributed by atoms with Crippen LogP contribution >= 0.6 is 11.6 Å². The van der Waals surface area contributed by atoms with Crippen LogP contribution in [-0.4, -0.2) is 23.1 Å². The van der Waals surface area contributed by atoms with Crippen LogP contribution in [0.15, 0.2) is 29.2 Å². The molecule has 0 aliphatic heterocycles. The van der Waals surface area contributed by atoms with Crippen molar-refractivity contribution in [3.8, 4) is 0 Å². The van der Waals surface area contributed by atoms with E-state index in [1.165, 1.54) is 12.8 Å². The summed E-state index contributed by atoms with van der Waals surface area (Å²) < 4.78 is 0. The Balaban J connectivity index is 1.70. The Labute approximate surface area is 141 Å². The third-order valence-corrected chi connectivity index (χ3v) is 4.83. The Bertz CT molecular complexity index is 733. The normalized spacial score (nSPS) is 21.7. The maximum atomic E-state index is 11.8. The quantitative estimate of drug-likeness (QED) is 0.795. The highest BCUT2D eigenvalue weighted by molar-refractivity contribution is 6.34.